The first kappa shape index (κ1) is 12.0. The second-order valence-electron chi connectivity index (χ2n) is 5.03. The Morgan fingerprint density at radius 1 is 1.32 bits per heavy atom. The van der Waals surface area contributed by atoms with Crippen LogP contribution in [0.25, 0.3) is 0 Å². The number of hydrogen-bond donors (Lipinski definition) is 1. The average molecular weight is 255 g/mol. The fraction of sp³-hybridized carbons (Fsp3) is 0.333. The number of aryl methyl sites for hydroxylation is 1. The van der Waals surface area contributed by atoms with Crippen LogP contribution in [0, 0.1) is 0 Å². The third-order valence-electron chi connectivity index (χ3n) is 3.62. The zero-order chi connectivity index (χ0) is 13.2. The van der Waals surface area contributed by atoms with E-state index in [9.17, 15) is 4.79 Å². The number of nitrogens with one attached hydrogen (secondary N) is 1. The van der Waals surface area contributed by atoms with Gasteiger partial charge in [-0.15, -0.1) is 0 Å². The van der Waals surface area contributed by atoms with Crippen molar-refractivity contribution in [2.24, 2.45) is 0 Å². The highest BCUT2D eigenvalue weighted by Gasteiger charge is 2.24. The molecule has 1 heterocycles. The van der Waals surface area contributed by atoms with E-state index in [1.165, 1.54) is 0 Å². The summed E-state index contributed by atoms with van der Waals surface area (Å²) in [5, 5.41) is 7.17. The van der Waals surface area contributed by atoms with Crippen molar-refractivity contribution in [3.8, 4) is 0 Å². The van der Waals surface area contributed by atoms with Crippen molar-refractivity contribution in [3.05, 3.63) is 52.8 Å². The lowest BCUT2D eigenvalue weighted by Gasteiger charge is -2.16. The van der Waals surface area contributed by atoms with Gasteiger partial charge in [0.25, 0.3) is 5.91 Å². The second kappa shape index (κ2) is 4.88. The molecule has 0 bridgehead atoms. The van der Waals surface area contributed by atoms with Crippen LogP contribution in [0.3, 0.4) is 0 Å². The molecule has 19 heavy (non-hydrogen) atoms. The molecule has 0 aliphatic heterocycles. The van der Waals surface area contributed by atoms with Crippen molar-refractivity contribution < 1.29 is 4.79 Å². The zero-order valence-electron chi connectivity index (χ0n) is 11.0. The van der Waals surface area contributed by atoms with Crippen LogP contribution in [0.1, 0.15) is 33.7 Å². The van der Waals surface area contributed by atoms with Crippen molar-refractivity contribution in [2.75, 3.05) is 7.05 Å². The Kier molecular flexibility index (Phi) is 3.07. The topological polar surface area (TPSA) is 49.0 Å². The monoisotopic (exact) mass is 255 g/mol. The molecule has 0 unspecified atom stereocenters. The number of fused-ring (bicyclic) bond motifs is 1. The molecule has 0 atom stereocenters. The molecule has 1 N–H and O–H groups in total. The van der Waals surface area contributed by atoms with Gasteiger partial charge in [-0.2, -0.15) is 5.10 Å². The van der Waals surface area contributed by atoms with Crippen molar-refractivity contribution >= 4 is 5.91 Å². The van der Waals surface area contributed by atoms with Gasteiger partial charge in [0, 0.05) is 24.8 Å². The van der Waals surface area contributed by atoms with E-state index in [1.807, 2.05) is 37.4 Å². The van der Waals surface area contributed by atoms with Crippen molar-refractivity contribution in [2.45, 2.75) is 25.8 Å². The quantitative estimate of drug-likeness (QED) is 0.913. The van der Waals surface area contributed by atoms with Gasteiger partial charge in [-0.25, -0.2) is 0 Å². The lowest BCUT2D eigenvalue weighted by Crippen LogP contribution is -2.27. The summed E-state index contributed by atoms with van der Waals surface area (Å²) in [5.41, 5.74) is 3.98. The van der Waals surface area contributed by atoms with Crippen molar-refractivity contribution in [1.29, 1.82) is 0 Å². The van der Waals surface area contributed by atoms with Gasteiger partial charge in [0.05, 0.1) is 0 Å². The fourth-order valence-corrected chi connectivity index (χ4v) is 2.61. The second-order valence-corrected chi connectivity index (χ2v) is 5.03. The van der Waals surface area contributed by atoms with Crippen LogP contribution in [0.2, 0.25) is 0 Å². The maximum absolute atomic E-state index is 12.4. The van der Waals surface area contributed by atoms with Crippen LogP contribution in [0.5, 0.6) is 0 Å². The summed E-state index contributed by atoms with van der Waals surface area (Å²) in [7, 11) is 1.82. The number of amides is 1. The van der Waals surface area contributed by atoms with E-state index in [2.05, 4.69) is 10.2 Å². The van der Waals surface area contributed by atoms with Gasteiger partial charge in [0.15, 0.2) is 5.69 Å². The Hall–Kier alpha value is -2.10. The van der Waals surface area contributed by atoms with Crippen LogP contribution in [0.15, 0.2) is 30.3 Å². The minimum atomic E-state index is 0.00301. The van der Waals surface area contributed by atoms with Gasteiger partial charge < -0.3 is 4.90 Å². The van der Waals surface area contributed by atoms with E-state index in [0.29, 0.717) is 12.2 Å². The molecule has 3 rings (SSSR count). The highest BCUT2D eigenvalue weighted by molar-refractivity contribution is 5.94. The normalized spacial score (nSPS) is 13.3. The molecule has 1 aromatic heterocycles. The Morgan fingerprint density at radius 3 is 2.89 bits per heavy atom. The van der Waals surface area contributed by atoms with Crippen LogP contribution in [0.4, 0.5) is 0 Å². The van der Waals surface area contributed by atoms with Crippen LogP contribution in [-0.4, -0.2) is 28.1 Å². The standard InChI is InChI=1S/C15H17N3O/c1-18(10-11-6-3-2-4-7-11)15(19)14-12-8-5-9-13(12)16-17-14/h2-4,6-7H,5,8-10H2,1H3,(H,16,17). The van der Waals surface area contributed by atoms with E-state index in [0.717, 1.165) is 36.1 Å². The summed E-state index contributed by atoms with van der Waals surface area (Å²) < 4.78 is 0. The van der Waals surface area contributed by atoms with Crippen molar-refractivity contribution in [3.63, 3.8) is 0 Å². The summed E-state index contributed by atoms with van der Waals surface area (Å²) in [4.78, 5) is 14.1. The largest absolute Gasteiger partial charge is 0.336 e. The SMILES string of the molecule is CN(Cc1ccccc1)C(=O)c1n[nH]c2c1CCC2. The molecule has 0 saturated carbocycles. The molecule has 1 aromatic carbocycles. The number of benzene rings is 1. The number of rotatable bonds is 3. The van der Waals surface area contributed by atoms with Gasteiger partial charge >= 0.3 is 0 Å². The summed E-state index contributed by atoms with van der Waals surface area (Å²) in [6.45, 7) is 0.612. The summed E-state index contributed by atoms with van der Waals surface area (Å²) in [6, 6.07) is 10.0. The number of aromatic amines is 1. The molecule has 1 aliphatic rings. The number of aromatic nitrogens is 2. The summed E-state index contributed by atoms with van der Waals surface area (Å²) >= 11 is 0. The Morgan fingerprint density at radius 2 is 2.11 bits per heavy atom. The number of H-pyrrole nitrogens is 1. The molecule has 1 amide bonds. The predicted octanol–water partition coefficient (Wildman–Crippen LogP) is 2.17. The lowest BCUT2D eigenvalue weighted by molar-refractivity contribution is 0.0778. The zero-order valence-corrected chi connectivity index (χ0v) is 11.0. The molecule has 4 nitrogen and oxygen atoms in total. The fourth-order valence-electron chi connectivity index (χ4n) is 2.61. The summed E-state index contributed by atoms with van der Waals surface area (Å²) in [6.07, 6.45) is 3.09. The Balaban J connectivity index is 1.76. The molecule has 2 aromatic rings. The molecule has 0 fully saturated rings. The number of carbonyl (C=O) groups is 1. The molecule has 0 saturated heterocycles. The van der Waals surface area contributed by atoms with Crippen LogP contribution >= 0.6 is 0 Å². The molecular weight excluding hydrogens is 238 g/mol. The molecular formula is C15H17N3O. The molecule has 0 spiro atoms. The van der Waals surface area contributed by atoms with Gasteiger partial charge in [0.2, 0.25) is 0 Å². The van der Waals surface area contributed by atoms with Gasteiger partial charge in [0.1, 0.15) is 0 Å². The first-order valence-electron chi connectivity index (χ1n) is 6.61. The first-order valence-corrected chi connectivity index (χ1v) is 6.61. The Labute approximate surface area is 112 Å². The highest BCUT2D eigenvalue weighted by atomic mass is 16.2. The minimum absolute atomic E-state index is 0.00301. The molecule has 1 aliphatic carbocycles. The smallest absolute Gasteiger partial charge is 0.274 e. The number of carbonyl (C=O) groups excluding carboxylic acids is 1. The van der Waals surface area contributed by atoms with E-state index in [-0.39, 0.29) is 5.91 Å². The van der Waals surface area contributed by atoms with Gasteiger partial charge in [-0.05, 0) is 24.8 Å². The predicted molar refractivity (Wildman–Crippen MR) is 72.9 cm³/mol. The third kappa shape index (κ3) is 2.26. The van der Waals surface area contributed by atoms with E-state index < -0.39 is 0 Å². The maximum Gasteiger partial charge on any atom is 0.274 e. The molecule has 98 valence electrons. The van der Waals surface area contributed by atoms with Gasteiger partial charge in [-0.3, -0.25) is 9.89 Å². The minimum Gasteiger partial charge on any atom is -0.336 e. The first-order chi connectivity index (χ1) is 9.25. The molecule has 4 heteroatoms. The maximum atomic E-state index is 12.4. The van der Waals surface area contributed by atoms with Crippen LogP contribution < -0.4 is 0 Å². The average Bonchev–Trinajstić information content (AvgIpc) is 3.01. The Bertz CT molecular complexity index is 589. The van der Waals surface area contributed by atoms with Gasteiger partial charge in [-0.1, -0.05) is 30.3 Å². The van der Waals surface area contributed by atoms with E-state index in [4.69, 9.17) is 0 Å². The molecule has 0 radical (unpaired) electrons. The third-order valence-corrected chi connectivity index (χ3v) is 3.62. The highest BCUT2D eigenvalue weighted by Crippen LogP contribution is 2.23. The lowest BCUT2D eigenvalue weighted by atomic mass is 10.1. The number of hydrogen-bond acceptors (Lipinski definition) is 2. The van der Waals surface area contributed by atoms with Crippen LogP contribution in [-0.2, 0) is 19.4 Å². The van der Waals surface area contributed by atoms with Crippen molar-refractivity contribution in [1.82, 2.24) is 15.1 Å². The van der Waals surface area contributed by atoms with E-state index in [1.54, 1.807) is 4.90 Å². The summed E-state index contributed by atoms with van der Waals surface area (Å²) in [5.74, 6) is 0.00301. The van der Waals surface area contributed by atoms with E-state index >= 15 is 0 Å². The number of nitrogens with zero attached hydrogens (tertiary/aromatic N) is 2.